The van der Waals surface area contributed by atoms with Gasteiger partial charge < -0.3 is 25.5 Å². The summed E-state index contributed by atoms with van der Waals surface area (Å²) < 4.78 is 6.16. The number of aliphatic hydroxyl groups excluding tert-OH is 1. The van der Waals surface area contributed by atoms with Crippen molar-refractivity contribution in [3.8, 4) is 11.5 Å². The largest absolute Gasteiger partial charge is 0.504 e. The topological polar surface area (TPSA) is 105 Å². The standard InChI is InChI=1S/C21H27NO4.ClH.H2O/c23-14-5-4-13-10-16-21(25)7-6-15(24)19-20(21,17(13)18(14)26-19)8-9-22(16)11-12-2-1-3-12;;/h4-5,12,15-16,19,23-25H,1-3,6-11H2;1H;1H2/t15?,16-,19?,20+,21-;;/m1../s1. The molecule has 6 nitrogen and oxygen atoms in total. The van der Waals surface area contributed by atoms with Gasteiger partial charge in [0.25, 0.3) is 0 Å². The van der Waals surface area contributed by atoms with Crippen LogP contribution in [0.2, 0.25) is 0 Å². The molecule has 1 spiro atoms. The van der Waals surface area contributed by atoms with Crippen LogP contribution in [-0.4, -0.2) is 62.6 Å². The lowest BCUT2D eigenvalue weighted by atomic mass is 9.48. The fraction of sp³-hybridized carbons (Fsp3) is 0.714. The van der Waals surface area contributed by atoms with Gasteiger partial charge >= 0.3 is 0 Å². The van der Waals surface area contributed by atoms with Gasteiger partial charge in [-0.25, -0.2) is 0 Å². The van der Waals surface area contributed by atoms with Crippen molar-refractivity contribution in [2.24, 2.45) is 5.92 Å². The van der Waals surface area contributed by atoms with E-state index in [9.17, 15) is 15.3 Å². The van der Waals surface area contributed by atoms with Gasteiger partial charge in [-0.05, 0) is 62.6 Å². The maximum atomic E-state index is 12.1. The molecule has 0 aromatic heterocycles. The van der Waals surface area contributed by atoms with E-state index in [1.807, 2.05) is 6.07 Å². The Morgan fingerprint density at radius 2 is 1.96 bits per heavy atom. The van der Waals surface area contributed by atoms with Crippen LogP contribution in [-0.2, 0) is 11.8 Å². The minimum atomic E-state index is -0.884. The quantitative estimate of drug-likeness (QED) is 0.680. The Bertz CT molecular complexity index is 786. The fourth-order valence-electron chi connectivity index (χ4n) is 6.83. The molecule has 3 fully saturated rings. The van der Waals surface area contributed by atoms with Crippen LogP contribution >= 0.6 is 12.4 Å². The Morgan fingerprint density at radius 3 is 2.68 bits per heavy atom. The molecule has 2 unspecified atom stereocenters. The average Bonchev–Trinajstić information content (AvgIpc) is 2.93. The third-order valence-corrected chi connectivity index (χ3v) is 8.26. The number of hydrogen-bond donors (Lipinski definition) is 3. The Labute approximate surface area is 171 Å². The number of piperidine rings is 1. The van der Waals surface area contributed by atoms with E-state index >= 15 is 0 Å². The van der Waals surface area contributed by atoms with Crippen LogP contribution in [0.5, 0.6) is 11.5 Å². The molecule has 1 saturated heterocycles. The molecule has 2 aliphatic heterocycles. The van der Waals surface area contributed by atoms with Crippen LogP contribution in [0.3, 0.4) is 0 Å². The summed E-state index contributed by atoms with van der Waals surface area (Å²) in [6.45, 7) is 2.02. The van der Waals surface area contributed by atoms with Gasteiger partial charge in [-0.3, -0.25) is 4.90 Å². The Morgan fingerprint density at radius 1 is 1.18 bits per heavy atom. The van der Waals surface area contributed by atoms with Crippen LogP contribution in [0, 0.1) is 5.92 Å². The molecule has 7 heteroatoms. The Kier molecular flexibility index (Phi) is 4.68. The summed E-state index contributed by atoms with van der Waals surface area (Å²) >= 11 is 0. The predicted molar refractivity (Wildman–Crippen MR) is 106 cm³/mol. The van der Waals surface area contributed by atoms with E-state index in [0.717, 1.165) is 37.4 Å². The molecule has 5 atom stereocenters. The molecule has 6 rings (SSSR count). The van der Waals surface area contributed by atoms with Gasteiger partial charge in [0.1, 0.15) is 6.10 Å². The molecule has 2 saturated carbocycles. The van der Waals surface area contributed by atoms with Gasteiger partial charge in [-0.1, -0.05) is 12.5 Å². The van der Waals surface area contributed by atoms with Gasteiger partial charge in [0.2, 0.25) is 0 Å². The molecular weight excluding hydrogens is 382 g/mol. The van der Waals surface area contributed by atoms with E-state index in [0.29, 0.717) is 18.6 Å². The number of halogens is 1. The molecule has 1 aromatic rings. The highest BCUT2D eigenvalue weighted by Crippen LogP contribution is 2.65. The minimum absolute atomic E-state index is 0. The number of hydrogen-bond acceptors (Lipinski definition) is 5. The molecule has 28 heavy (non-hydrogen) atoms. The highest BCUT2D eigenvalue weighted by Gasteiger charge is 2.72. The first-order chi connectivity index (χ1) is 12.5. The molecule has 3 aliphatic carbocycles. The fourth-order valence-corrected chi connectivity index (χ4v) is 6.83. The van der Waals surface area contributed by atoms with Crippen molar-refractivity contribution < 1.29 is 25.5 Å². The number of aromatic hydroxyl groups is 1. The zero-order chi connectivity index (χ0) is 17.7. The normalized spacial score (nSPS) is 40.4. The minimum Gasteiger partial charge on any atom is -0.504 e. The second-order valence-electron chi connectivity index (χ2n) is 9.25. The number of likely N-dealkylation sites (tertiary alicyclic amines) is 1. The third kappa shape index (κ3) is 2.18. The van der Waals surface area contributed by atoms with Crippen LogP contribution in [0.25, 0.3) is 0 Å². The van der Waals surface area contributed by atoms with Crippen molar-refractivity contribution in [2.45, 2.75) is 74.2 Å². The number of phenolic OH excluding ortho intramolecular Hbond substituents is 1. The number of benzene rings is 1. The first-order valence-corrected chi connectivity index (χ1v) is 10.2. The molecule has 2 bridgehead atoms. The van der Waals surface area contributed by atoms with Crippen LogP contribution < -0.4 is 4.74 Å². The smallest absolute Gasteiger partial charge is 0.165 e. The molecule has 0 amide bonds. The zero-order valence-corrected chi connectivity index (χ0v) is 16.7. The summed E-state index contributed by atoms with van der Waals surface area (Å²) in [5.41, 5.74) is 0.712. The first kappa shape index (κ1) is 20.2. The third-order valence-electron chi connectivity index (χ3n) is 8.26. The van der Waals surface area contributed by atoms with Crippen LogP contribution in [0.4, 0.5) is 0 Å². The zero-order valence-electron chi connectivity index (χ0n) is 15.9. The second kappa shape index (κ2) is 6.47. The van der Waals surface area contributed by atoms with E-state index in [2.05, 4.69) is 4.90 Å². The van der Waals surface area contributed by atoms with Gasteiger partial charge in [0.15, 0.2) is 11.5 Å². The predicted octanol–water partition coefficient (Wildman–Crippen LogP) is 1.30. The molecule has 2 heterocycles. The highest BCUT2D eigenvalue weighted by atomic mass is 35.5. The second-order valence-corrected chi connectivity index (χ2v) is 9.25. The van der Waals surface area contributed by atoms with Crippen molar-refractivity contribution in [1.29, 1.82) is 0 Å². The highest BCUT2D eigenvalue weighted by molar-refractivity contribution is 5.85. The number of rotatable bonds is 2. The summed E-state index contributed by atoms with van der Waals surface area (Å²) in [7, 11) is 0. The summed E-state index contributed by atoms with van der Waals surface area (Å²) in [5, 5.41) is 33.2. The summed E-state index contributed by atoms with van der Waals surface area (Å²) in [4.78, 5) is 2.53. The van der Waals surface area contributed by atoms with Crippen molar-refractivity contribution >= 4 is 12.4 Å². The number of phenols is 1. The molecule has 0 radical (unpaired) electrons. The van der Waals surface area contributed by atoms with Crippen molar-refractivity contribution in [3.05, 3.63) is 23.3 Å². The van der Waals surface area contributed by atoms with Gasteiger partial charge in [0.05, 0.1) is 17.1 Å². The van der Waals surface area contributed by atoms with Crippen molar-refractivity contribution in [2.75, 3.05) is 13.1 Å². The lowest BCUT2D eigenvalue weighted by Gasteiger charge is -2.64. The molecule has 5 aliphatic rings. The van der Waals surface area contributed by atoms with Gasteiger partial charge in [-0.2, -0.15) is 0 Å². The average molecular weight is 412 g/mol. The van der Waals surface area contributed by atoms with Crippen molar-refractivity contribution in [3.63, 3.8) is 0 Å². The van der Waals surface area contributed by atoms with Gasteiger partial charge in [0, 0.05) is 18.2 Å². The Balaban J connectivity index is 0.000000961. The van der Waals surface area contributed by atoms with E-state index in [1.54, 1.807) is 6.07 Å². The molecular formula is C21H30ClNO5. The van der Waals surface area contributed by atoms with Crippen molar-refractivity contribution in [1.82, 2.24) is 4.90 Å². The van der Waals surface area contributed by atoms with E-state index in [1.165, 1.54) is 24.8 Å². The van der Waals surface area contributed by atoms with Crippen LogP contribution in [0.15, 0.2) is 12.1 Å². The molecule has 5 N–H and O–H groups in total. The van der Waals surface area contributed by atoms with Gasteiger partial charge in [-0.15, -0.1) is 12.4 Å². The molecule has 1 aromatic carbocycles. The van der Waals surface area contributed by atoms with E-state index in [4.69, 9.17) is 4.74 Å². The monoisotopic (exact) mass is 411 g/mol. The molecule has 156 valence electrons. The van der Waals surface area contributed by atoms with Crippen LogP contribution in [0.1, 0.15) is 49.7 Å². The first-order valence-electron chi connectivity index (χ1n) is 10.2. The lowest BCUT2D eigenvalue weighted by Crippen LogP contribution is -2.77. The van der Waals surface area contributed by atoms with E-state index < -0.39 is 23.2 Å². The Hall–Kier alpha value is -1.05. The summed E-state index contributed by atoms with van der Waals surface area (Å²) in [6, 6.07) is 3.80. The summed E-state index contributed by atoms with van der Waals surface area (Å²) in [5.74, 6) is 1.42. The number of nitrogens with zero attached hydrogens (tertiary/aromatic N) is 1. The lowest BCUT2D eigenvalue weighted by molar-refractivity contribution is -0.209. The summed E-state index contributed by atoms with van der Waals surface area (Å²) in [6.07, 6.45) is 5.68. The maximum absolute atomic E-state index is 12.1. The maximum Gasteiger partial charge on any atom is 0.165 e. The number of ether oxygens (including phenoxy) is 1. The van der Waals surface area contributed by atoms with E-state index in [-0.39, 0.29) is 29.7 Å². The SMILES string of the molecule is Cl.O.Oc1ccc2c3c1OC1C(O)CC[C@@]4(O)[C@@H](C2)N(CC2CCC2)CC[C@]314. The number of aliphatic hydroxyl groups is 2.